The summed E-state index contributed by atoms with van der Waals surface area (Å²) in [5.41, 5.74) is 6.81. The van der Waals surface area contributed by atoms with E-state index < -0.39 is 0 Å². The minimum Gasteiger partial charge on any atom is -0.454 e. The maximum atomic E-state index is 6.23. The molecule has 2 atom stereocenters. The molecule has 2 unspecified atom stereocenters. The van der Waals surface area contributed by atoms with Crippen molar-refractivity contribution in [2.24, 2.45) is 5.73 Å². The zero-order chi connectivity index (χ0) is 14.9. The molecular weight excluding hydrogens is 292 g/mol. The normalized spacial score (nSPS) is 25.3. The molecule has 0 aromatic heterocycles. The summed E-state index contributed by atoms with van der Waals surface area (Å²) < 4.78 is 16.5. The van der Waals surface area contributed by atoms with E-state index in [4.69, 9.17) is 31.5 Å². The molecule has 0 radical (unpaired) electrons. The highest BCUT2D eigenvalue weighted by Gasteiger charge is 2.30. The van der Waals surface area contributed by atoms with Crippen molar-refractivity contribution in [2.45, 2.75) is 31.4 Å². The summed E-state index contributed by atoms with van der Waals surface area (Å²) in [6.07, 6.45) is 2.18. The Labute approximate surface area is 129 Å². The van der Waals surface area contributed by atoms with Crippen LogP contribution in [-0.4, -0.2) is 32.1 Å². The summed E-state index contributed by atoms with van der Waals surface area (Å²) in [6.45, 7) is 4.42. The van der Waals surface area contributed by atoms with Gasteiger partial charge in [0.15, 0.2) is 11.5 Å². The first-order chi connectivity index (χ1) is 10.1. The van der Waals surface area contributed by atoms with Crippen molar-refractivity contribution in [2.75, 3.05) is 26.5 Å². The molecule has 0 bridgehead atoms. The van der Waals surface area contributed by atoms with Crippen LogP contribution in [-0.2, 0) is 4.74 Å². The minimum absolute atomic E-state index is 0.0121. The third kappa shape index (κ3) is 3.11. The van der Waals surface area contributed by atoms with Gasteiger partial charge in [-0.15, -0.1) is 0 Å². The Hall–Kier alpha value is -1.01. The Morgan fingerprint density at radius 2 is 2.29 bits per heavy atom. The highest BCUT2D eigenvalue weighted by atomic mass is 35.5. The zero-order valence-electron chi connectivity index (χ0n) is 12.2. The molecule has 2 heterocycles. The van der Waals surface area contributed by atoms with Crippen LogP contribution in [0.1, 0.15) is 31.4 Å². The van der Waals surface area contributed by atoms with Crippen molar-refractivity contribution in [1.29, 1.82) is 0 Å². The highest BCUT2D eigenvalue weighted by molar-refractivity contribution is 6.32. The third-order valence-corrected chi connectivity index (χ3v) is 4.39. The van der Waals surface area contributed by atoms with E-state index in [0.29, 0.717) is 23.1 Å². The number of nitrogens with one attached hydrogen (secondary N) is 1. The van der Waals surface area contributed by atoms with Crippen LogP contribution in [0.5, 0.6) is 11.5 Å². The van der Waals surface area contributed by atoms with Crippen LogP contribution in [0.3, 0.4) is 0 Å². The SMILES string of the molecule is CC1(CNC(CN)c2cc(Cl)c3c(c2)OCO3)CCCO1. The van der Waals surface area contributed by atoms with Gasteiger partial charge in [0.1, 0.15) is 0 Å². The fourth-order valence-corrected chi connectivity index (χ4v) is 3.11. The van der Waals surface area contributed by atoms with Crippen LogP contribution in [0.15, 0.2) is 12.1 Å². The monoisotopic (exact) mass is 312 g/mol. The molecule has 0 spiro atoms. The number of rotatable bonds is 5. The van der Waals surface area contributed by atoms with Crippen molar-refractivity contribution in [3.8, 4) is 11.5 Å². The van der Waals surface area contributed by atoms with Crippen LogP contribution in [0.2, 0.25) is 5.02 Å². The molecule has 1 saturated heterocycles. The lowest BCUT2D eigenvalue weighted by Gasteiger charge is -2.27. The first kappa shape index (κ1) is 14.9. The Balaban J connectivity index is 1.72. The lowest BCUT2D eigenvalue weighted by Crippen LogP contribution is -2.41. The maximum Gasteiger partial charge on any atom is 0.231 e. The van der Waals surface area contributed by atoms with E-state index >= 15 is 0 Å². The summed E-state index contributed by atoms with van der Waals surface area (Å²) in [7, 11) is 0. The van der Waals surface area contributed by atoms with Crippen molar-refractivity contribution >= 4 is 11.6 Å². The first-order valence-corrected chi connectivity index (χ1v) is 7.65. The van der Waals surface area contributed by atoms with Gasteiger partial charge in [-0.3, -0.25) is 0 Å². The van der Waals surface area contributed by atoms with Crippen LogP contribution in [0.25, 0.3) is 0 Å². The molecular formula is C15H21ClN2O3. The van der Waals surface area contributed by atoms with Crippen molar-refractivity contribution in [3.63, 3.8) is 0 Å². The van der Waals surface area contributed by atoms with Gasteiger partial charge in [-0.2, -0.15) is 0 Å². The molecule has 3 rings (SSSR count). The smallest absolute Gasteiger partial charge is 0.231 e. The maximum absolute atomic E-state index is 6.23. The summed E-state index contributed by atoms with van der Waals surface area (Å²) in [4.78, 5) is 0. The fraction of sp³-hybridized carbons (Fsp3) is 0.600. The summed E-state index contributed by atoms with van der Waals surface area (Å²) in [5, 5.41) is 4.04. The van der Waals surface area contributed by atoms with Gasteiger partial charge in [0.05, 0.1) is 10.6 Å². The van der Waals surface area contributed by atoms with Gasteiger partial charge in [-0.05, 0) is 37.5 Å². The number of hydrogen-bond donors (Lipinski definition) is 2. The number of nitrogens with two attached hydrogens (primary N) is 1. The van der Waals surface area contributed by atoms with E-state index in [0.717, 1.165) is 31.6 Å². The number of benzene rings is 1. The van der Waals surface area contributed by atoms with Gasteiger partial charge in [0, 0.05) is 25.7 Å². The second kappa shape index (κ2) is 6.01. The molecule has 5 nitrogen and oxygen atoms in total. The highest BCUT2D eigenvalue weighted by Crippen LogP contribution is 2.41. The molecule has 1 aromatic carbocycles. The predicted octanol–water partition coefficient (Wildman–Crippen LogP) is 2.23. The van der Waals surface area contributed by atoms with Crippen molar-refractivity contribution in [3.05, 3.63) is 22.7 Å². The average molecular weight is 313 g/mol. The first-order valence-electron chi connectivity index (χ1n) is 7.28. The standard InChI is InChI=1S/C15H21ClN2O3/c1-15(3-2-4-21-15)8-18-12(7-17)10-5-11(16)14-13(6-10)19-9-20-14/h5-6,12,18H,2-4,7-9,17H2,1H3. The average Bonchev–Trinajstić information content (AvgIpc) is 3.09. The third-order valence-electron chi connectivity index (χ3n) is 4.11. The fourth-order valence-electron chi connectivity index (χ4n) is 2.84. The molecule has 116 valence electrons. The lowest BCUT2D eigenvalue weighted by molar-refractivity contribution is 0.0189. The molecule has 1 fully saturated rings. The summed E-state index contributed by atoms with van der Waals surface area (Å²) in [6, 6.07) is 3.84. The largest absolute Gasteiger partial charge is 0.454 e. The molecule has 2 aliphatic heterocycles. The number of halogens is 1. The van der Waals surface area contributed by atoms with Gasteiger partial charge >= 0.3 is 0 Å². The van der Waals surface area contributed by atoms with Gasteiger partial charge < -0.3 is 25.3 Å². The van der Waals surface area contributed by atoms with E-state index in [9.17, 15) is 0 Å². The molecule has 0 saturated carbocycles. The van der Waals surface area contributed by atoms with Gasteiger partial charge in [-0.1, -0.05) is 11.6 Å². The topological polar surface area (TPSA) is 65.7 Å². The molecule has 3 N–H and O–H groups in total. The second-order valence-corrected chi connectivity index (χ2v) is 6.21. The van der Waals surface area contributed by atoms with Gasteiger partial charge in [0.2, 0.25) is 6.79 Å². The predicted molar refractivity (Wildman–Crippen MR) is 81.0 cm³/mol. The quantitative estimate of drug-likeness (QED) is 0.873. The zero-order valence-corrected chi connectivity index (χ0v) is 12.9. The Morgan fingerprint density at radius 3 is 3.00 bits per heavy atom. The van der Waals surface area contributed by atoms with Crippen LogP contribution in [0, 0.1) is 0 Å². The molecule has 0 aliphatic carbocycles. The van der Waals surface area contributed by atoms with E-state index in [1.807, 2.05) is 12.1 Å². The van der Waals surface area contributed by atoms with Crippen LogP contribution < -0.4 is 20.5 Å². The molecule has 6 heteroatoms. The van der Waals surface area contributed by atoms with Gasteiger partial charge in [-0.25, -0.2) is 0 Å². The number of hydrogen-bond acceptors (Lipinski definition) is 5. The Morgan fingerprint density at radius 1 is 1.43 bits per heavy atom. The van der Waals surface area contributed by atoms with E-state index in [1.54, 1.807) is 0 Å². The van der Waals surface area contributed by atoms with Crippen molar-refractivity contribution < 1.29 is 14.2 Å². The number of ether oxygens (including phenoxy) is 3. The summed E-state index contributed by atoms with van der Waals surface area (Å²) >= 11 is 6.23. The second-order valence-electron chi connectivity index (χ2n) is 5.81. The Bertz CT molecular complexity index is 518. The summed E-state index contributed by atoms with van der Waals surface area (Å²) in [5.74, 6) is 1.29. The van der Waals surface area contributed by atoms with Gasteiger partial charge in [0.25, 0.3) is 0 Å². The molecule has 2 aliphatic rings. The molecule has 0 amide bonds. The van der Waals surface area contributed by atoms with E-state index in [-0.39, 0.29) is 18.4 Å². The van der Waals surface area contributed by atoms with Crippen LogP contribution in [0.4, 0.5) is 0 Å². The van der Waals surface area contributed by atoms with Crippen LogP contribution >= 0.6 is 11.6 Å². The van der Waals surface area contributed by atoms with E-state index in [2.05, 4.69) is 12.2 Å². The number of fused-ring (bicyclic) bond motifs is 1. The van der Waals surface area contributed by atoms with E-state index in [1.165, 1.54) is 0 Å². The molecule has 1 aromatic rings. The molecule has 21 heavy (non-hydrogen) atoms. The van der Waals surface area contributed by atoms with Crippen molar-refractivity contribution in [1.82, 2.24) is 5.32 Å². The minimum atomic E-state index is -0.104. The Kier molecular flexibility index (Phi) is 4.26. The lowest BCUT2D eigenvalue weighted by atomic mass is 10.0.